The van der Waals surface area contributed by atoms with Crippen molar-refractivity contribution < 1.29 is 22.7 Å². The van der Waals surface area contributed by atoms with Gasteiger partial charge in [0.1, 0.15) is 17.8 Å². The molecule has 0 unspecified atom stereocenters. The molecule has 2 heterocycles. The topological polar surface area (TPSA) is 61.2 Å². The van der Waals surface area contributed by atoms with Gasteiger partial charge in [-0.15, -0.1) is 0 Å². The lowest BCUT2D eigenvalue weighted by Gasteiger charge is -2.12. The summed E-state index contributed by atoms with van der Waals surface area (Å²) < 4.78 is 45.1. The minimum atomic E-state index is -4.49. The highest BCUT2D eigenvalue weighted by Crippen LogP contribution is 2.29. The Bertz CT molecular complexity index is 1100. The zero-order valence-electron chi connectivity index (χ0n) is 15.2. The lowest BCUT2D eigenvalue weighted by atomic mass is 10.1. The van der Waals surface area contributed by atoms with E-state index in [1.54, 1.807) is 23.6 Å². The summed E-state index contributed by atoms with van der Waals surface area (Å²) in [6.45, 7) is 3.73. The number of rotatable bonds is 4. The maximum Gasteiger partial charge on any atom is 0.416 e. The van der Waals surface area contributed by atoms with Crippen molar-refractivity contribution in [3.8, 4) is 0 Å². The van der Waals surface area contributed by atoms with E-state index in [1.165, 1.54) is 18.3 Å². The summed E-state index contributed by atoms with van der Waals surface area (Å²) >= 11 is 0. The fourth-order valence-corrected chi connectivity index (χ4v) is 2.81. The molecule has 0 saturated heterocycles. The number of fused-ring (bicyclic) bond motifs is 1. The number of ether oxygens (including phenoxy) is 1. The number of benzene rings is 1. The van der Waals surface area contributed by atoms with E-state index in [0.717, 1.165) is 17.8 Å². The van der Waals surface area contributed by atoms with E-state index >= 15 is 0 Å². The molecule has 0 aliphatic carbocycles. The maximum atomic E-state index is 12.8. The van der Waals surface area contributed by atoms with E-state index in [9.17, 15) is 22.8 Å². The summed E-state index contributed by atoms with van der Waals surface area (Å²) in [7, 11) is 0. The predicted octanol–water partition coefficient (Wildman–Crippen LogP) is 4.10. The number of hydrogen-bond acceptors (Lipinski definition) is 4. The van der Waals surface area contributed by atoms with Crippen LogP contribution in [-0.2, 0) is 24.1 Å². The highest BCUT2D eigenvalue weighted by molar-refractivity contribution is 5.93. The SMILES string of the molecule is CCn1cc(C(=O)OCc2cccc(C(F)(F)F)c2)c(=O)c2ccc(C)nc21. The van der Waals surface area contributed by atoms with Crippen molar-refractivity contribution in [2.45, 2.75) is 33.2 Å². The molecule has 3 aromatic rings. The molecule has 1 aromatic carbocycles. The summed E-state index contributed by atoms with van der Waals surface area (Å²) in [6.07, 6.45) is -3.12. The molecule has 0 fully saturated rings. The van der Waals surface area contributed by atoms with Crippen molar-refractivity contribution >= 4 is 17.0 Å². The van der Waals surface area contributed by atoms with Gasteiger partial charge in [-0.3, -0.25) is 4.79 Å². The van der Waals surface area contributed by atoms with Gasteiger partial charge in [0.05, 0.1) is 10.9 Å². The average molecular weight is 390 g/mol. The molecule has 146 valence electrons. The van der Waals surface area contributed by atoms with Crippen molar-refractivity contribution in [3.05, 3.63) is 75.2 Å². The van der Waals surface area contributed by atoms with Crippen molar-refractivity contribution in [1.29, 1.82) is 0 Å². The molecule has 2 aromatic heterocycles. The Labute approximate surface area is 158 Å². The smallest absolute Gasteiger partial charge is 0.416 e. The summed E-state index contributed by atoms with van der Waals surface area (Å²) in [4.78, 5) is 29.4. The predicted molar refractivity (Wildman–Crippen MR) is 97.0 cm³/mol. The van der Waals surface area contributed by atoms with Gasteiger partial charge in [-0.25, -0.2) is 9.78 Å². The molecule has 0 bridgehead atoms. The van der Waals surface area contributed by atoms with Crippen molar-refractivity contribution in [1.82, 2.24) is 9.55 Å². The van der Waals surface area contributed by atoms with Gasteiger partial charge in [-0.1, -0.05) is 12.1 Å². The highest BCUT2D eigenvalue weighted by atomic mass is 19.4. The molecule has 28 heavy (non-hydrogen) atoms. The number of alkyl halides is 3. The number of carbonyl (C=O) groups excluding carboxylic acids is 1. The summed E-state index contributed by atoms with van der Waals surface area (Å²) in [5, 5.41) is 0.279. The summed E-state index contributed by atoms with van der Waals surface area (Å²) in [5.41, 5.74) is -0.178. The van der Waals surface area contributed by atoms with Crippen LogP contribution in [0.3, 0.4) is 0 Å². The zero-order chi connectivity index (χ0) is 20.5. The zero-order valence-corrected chi connectivity index (χ0v) is 15.2. The standard InChI is InChI=1S/C20H17F3N2O3/c1-3-25-10-16(17(26)15-8-7-12(2)24-18(15)25)19(27)28-11-13-5-4-6-14(9-13)20(21,22)23/h4-10H,3,11H2,1-2H3. The van der Waals surface area contributed by atoms with Crippen LogP contribution in [0.25, 0.3) is 11.0 Å². The van der Waals surface area contributed by atoms with Gasteiger partial charge >= 0.3 is 12.1 Å². The first kappa shape index (κ1) is 19.6. The third kappa shape index (κ3) is 3.90. The lowest BCUT2D eigenvalue weighted by molar-refractivity contribution is -0.137. The van der Waals surface area contributed by atoms with Gasteiger partial charge in [-0.2, -0.15) is 13.2 Å². The molecule has 0 atom stereocenters. The van der Waals surface area contributed by atoms with E-state index in [2.05, 4.69) is 4.98 Å². The Hall–Kier alpha value is -3.16. The Morgan fingerprint density at radius 2 is 1.96 bits per heavy atom. The van der Waals surface area contributed by atoms with Crippen LogP contribution in [0.15, 0.2) is 47.4 Å². The van der Waals surface area contributed by atoms with E-state index in [1.807, 2.05) is 6.92 Å². The van der Waals surface area contributed by atoms with Crippen LogP contribution in [0.2, 0.25) is 0 Å². The number of aryl methyl sites for hydroxylation is 2. The van der Waals surface area contributed by atoms with Crippen molar-refractivity contribution in [2.24, 2.45) is 0 Å². The molecule has 0 radical (unpaired) electrons. The van der Waals surface area contributed by atoms with Gasteiger partial charge in [0.25, 0.3) is 0 Å². The van der Waals surface area contributed by atoms with Gasteiger partial charge < -0.3 is 9.30 Å². The Balaban J connectivity index is 1.89. The maximum absolute atomic E-state index is 12.8. The monoisotopic (exact) mass is 390 g/mol. The van der Waals surface area contributed by atoms with E-state index in [4.69, 9.17) is 4.74 Å². The highest BCUT2D eigenvalue weighted by Gasteiger charge is 2.30. The van der Waals surface area contributed by atoms with Crippen LogP contribution < -0.4 is 5.43 Å². The minimum Gasteiger partial charge on any atom is -0.457 e. The van der Waals surface area contributed by atoms with Gasteiger partial charge in [0, 0.05) is 18.4 Å². The molecule has 8 heteroatoms. The first-order valence-corrected chi connectivity index (χ1v) is 8.54. The van der Waals surface area contributed by atoms with Crippen molar-refractivity contribution in [3.63, 3.8) is 0 Å². The fraction of sp³-hybridized carbons (Fsp3) is 0.250. The number of aromatic nitrogens is 2. The quantitative estimate of drug-likeness (QED) is 0.630. The number of hydrogen-bond donors (Lipinski definition) is 0. The number of nitrogens with zero attached hydrogens (tertiary/aromatic N) is 2. The molecule has 0 aliphatic heterocycles. The first-order valence-electron chi connectivity index (χ1n) is 8.54. The van der Waals surface area contributed by atoms with Crippen LogP contribution in [0.4, 0.5) is 13.2 Å². The number of pyridine rings is 2. The molecular weight excluding hydrogens is 373 g/mol. The van der Waals surface area contributed by atoms with Crippen LogP contribution in [-0.4, -0.2) is 15.5 Å². The Kier molecular flexibility index (Phi) is 5.22. The lowest BCUT2D eigenvalue weighted by Crippen LogP contribution is -2.21. The third-order valence-electron chi connectivity index (χ3n) is 4.25. The first-order chi connectivity index (χ1) is 13.2. The van der Waals surface area contributed by atoms with E-state index < -0.39 is 23.1 Å². The third-order valence-corrected chi connectivity index (χ3v) is 4.25. The van der Waals surface area contributed by atoms with Crippen LogP contribution in [0.5, 0.6) is 0 Å². The second kappa shape index (κ2) is 7.46. The molecule has 0 N–H and O–H groups in total. The number of halogens is 3. The molecule has 3 rings (SSSR count). The summed E-state index contributed by atoms with van der Waals surface area (Å²) in [6, 6.07) is 7.76. The molecule has 0 spiro atoms. The number of carbonyl (C=O) groups is 1. The molecular formula is C20H17F3N2O3. The van der Waals surface area contributed by atoms with E-state index in [0.29, 0.717) is 12.2 Å². The average Bonchev–Trinajstić information content (AvgIpc) is 2.66. The Morgan fingerprint density at radius 3 is 2.64 bits per heavy atom. The minimum absolute atomic E-state index is 0.178. The Morgan fingerprint density at radius 1 is 1.21 bits per heavy atom. The van der Waals surface area contributed by atoms with Crippen molar-refractivity contribution in [2.75, 3.05) is 0 Å². The molecule has 0 aliphatic rings. The molecule has 0 amide bonds. The van der Waals surface area contributed by atoms with Crippen LogP contribution in [0, 0.1) is 6.92 Å². The largest absolute Gasteiger partial charge is 0.457 e. The number of esters is 1. The van der Waals surface area contributed by atoms with Gasteiger partial charge in [-0.05, 0) is 43.7 Å². The van der Waals surface area contributed by atoms with Gasteiger partial charge in [0.15, 0.2) is 0 Å². The molecule has 0 saturated carbocycles. The summed E-state index contributed by atoms with van der Waals surface area (Å²) in [5.74, 6) is -0.896. The molecule has 5 nitrogen and oxygen atoms in total. The second-order valence-corrected chi connectivity index (χ2v) is 6.26. The second-order valence-electron chi connectivity index (χ2n) is 6.26. The fourth-order valence-electron chi connectivity index (χ4n) is 2.81. The van der Waals surface area contributed by atoms with Crippen LogP contribution in [0.1, 0.15) is 34.1 Å². The van der Waals surface area contributed by atoms with Gasteiger partial charge in [0.2, 0.25) is 5.43 Å². The van der Waals surface area contributed by atoms with Crippen LogP contribution >= 0.6 is 0 Å². The van der Waals surface area contributed by atoms with E-state index in [-0.39, 0.29) is 23.1 Å². The normalized spacial score (nSPS) is 11.6.